The predicted molar refractivity (Wildman–Crippen MR) is 74.3 cm³/mol. The van der Waals surface area contributed by atoms with Crippen LogP contribution in [0.5, 0.6) is 0 Å². The second-order valence-electron chi connectivity index (χ2n) is 3.78. The van der Waals surface area contributed by atoms with E-state index in [1.807, 2.05) is 12.1 Å². The molecule has 0 spiro atoms. The number of fused-ring (bicyclic) bond motifs is 1. The van der Waals surface area contributed by atoms with Gasteiger partial charge in [-0.15, -0.1) is 11.3 Å². The van der Waals surface area contributed by atoms with Crippen LogP contribution in [0.25, 0.3) is 10.1 Å². The van der Waals surface area contributed by atoms with Gasteiger partial charge in [-0.25, -0.2) is 0 Å². The van der Waals surface area contributed by atoms with E-state index in [1.54, 1.807) is 11.3 Å². The highest BCUT2D eigenvalue weighted by molar-refractivity contribution is 9.10. The van der Waals surface area contributed by atoms with E-state index in [0.29, 0.717) is 6.54 Å². The fourth-order valence-electron chi connectivity index (χ4n) is 1.60. The highest BCUT2D eigenvalue weighted by Gasteiger charge is 2.11. The van der Waals surface area contributed by atoms with Crippen molar-refractivity contribution in [1.29, 1.82) is 0 Å². The maximum atomic E-state index is 8.98. The van der Waals surface area contributed by atoms with Crippen LogP contribution in [-0.4, -0.2) is 29.5 Å². The van der Waals surface area contributed by atoms with Crippen molar-refractivity contribution in [3.05, 3.63) is 33.6 Å². The topological polar surface area (TPSA) is 52.5 Å². The van der Waals surface area contributed by atoms with Gasteiger partial charge in [-0.1, -0.05) is 18.2 Å². The molecule has 0 aliphatic heterocycles. The zero-order valence-electron chi connectivity index (χ0n) is 9.19. The standard InChI is InChI=1S/C12H14BrNO2S/c13-12-9-3-1-2-4-10(9)17-11(12)5-14-8(6-15)7-16/h1-4,8,14-16H,5-7H2. The molecule has 0 amide bonds. The summed E-state index contributed by atoms with van der Waals surface area (Å²) in [4.78, 5) is 1.18. The molecule has 17 heavy (non-hydrogen) atoms. The number of aliphatic hydroxyl groups is 2. The molecule has 1 aromatic carbocycles. The van der Waals surface area contributed by atoms with Crippen LogP contribution in [0.3, 0.4) is 0 Å². The molecule has 92 valence electrons. The molecule has 0 aliphatic rings. The second kappa shape index (κ2) is 5.93. The van der Waals surface area contributed by atoms with Gasteiger partial charge in [0.25, 0.3) is 0 Å². The lowest BCUT2D eigenvalue weighted by atomic mass is 10.2. The molecule has 1 aromatic heterocycles. The third-order valence-electron chi connectivity index (χ3n) is 2.59. The van der Waals surface area contributed by atoms with Gasteiger partial charge in [0.2, 0.25) is 0 Å². The monoisotopic (exact) mass is 315 g/mol. The Kier molecular flexibility index (Phi) is 4.53. The molecule has 0 saturated carbocycles. The lowest BCUT2D eigenvalue weighted by Crippen LogP contribution is -2.34. The summed E-state index contributed by atoms with van der Waals surface area (Å²) >= 11 is 5.31. The molecule has 3 nitrogen and oxygen atoms in total. The molecule has 0 atom stereocenters. The summed E-state index contributed by atoms with van der Waals surface area (Å²) in [6, 6.07) is 7.94. The summed E-state index contributed by atoms with van der Waals surface area (Å²) < 4.78 is 2.33. The van der Waals surface area contributed by atoms with E-state index >= 15 is 0 Å². The average Bonchev–Trinajstić information content (AvgIpc) is 2.68. The van der Waals surface area contributed by atoms with Crippen molar-refractivity contribution in [3.63, 3.8) is 0 Å². The SMILES string of the molecule is OCC(CO)NCc1sc2ccccc2c1Br. The number of hydrogen-bond acceptors (Lipinski definition) is 4. The maximum Gasteiger partial charge on any atom is 0.0607 e. The summed E-state index contributed by atoms with van der Waals surface area (Å²) in [5, 5.41) is 22.3. The number of hydrogen-bond donors (Lipinski definition) is 3. The summed E-state index contributed by atoms with van der Waals surface area (Å²) in [5.41, 5.74) is 0. The highest BCUT2D eigenvalue weighted by atomic mass is 79.9. The van der Waals surface area contributed by atoms with Crippen LogP contribution in [0, 0.1) is 0 Å². The minimum Gasteiger partial charge on any atom is -0.395 e. The van der Waals surface area contributed by atoms with E-state index in [2.05, 4.69) is 33.4 Å². The maximum absolute atomic E-state index is 8.98. The van der Waals surface area contributed by atoms with Crippen LogP contribution in [0.15, 0.2) is 28.7 Å². The highest BCUT2D eigenvalue weighted by Crippen LogP contribution is 2.35. The minimum absolute atomic E-state index is 0.0565. The number of rotatable bonds is 5. The second-order valence-corrected chi connectivity index (χ2v) is 5.71. The lowest BCUT2D eigenvalue weighted by Gasteiger charge is -2.12. The Labute approximate surface area is 112 Å². The number of aliphatic hydroxyl groups excluding tert-OH is 2. The van der Waals surface area contributed by atoms with Gasteiger partial charge < -0.3 is 15.5 Å². The van der Waals surface area contributed by atoms with Gasteiger partial charge in [0.15, 0.2) is 0 Å². The Morgan fingerprint density at radius 1 is 1.24 bits per heavy atom. The van der Waals surface area contributed by atoms with E-state index in [4.69, 9.17) is 10.2 Å². The lowest BCUT2D eigenvalue weighted by molar-refractivity contribution is 0.170. The largest absolute Gasteiger partial charge is 0.395 e. The molecule has 0 bridgehead atoms. The van der Waals surface area contributed by atoms with Crippen molar-refractivity contribution in [3.8, 4) is 0 Å². The van der Waals surface area contributed by atoms with Crippen molar-refractivity contribution >= 4 is 37.4 Å². The van der Waals surface area contributed by atoms with Crippen LogP contribution in [0.4, 0.5) is 0 Å². The molecule has 0 aliphatic carbocycles. The van der Waals surface area contributed by atoms with Gasteiger partial charge >= 0.3 is 0 Å². The fourth-order valence-corrected chi connectivity index (χ4v) is 3.51. The molecule has 2 rings (SSSR count). The summed E-state index contributed by atoms with van der Waals surface area (Å²) in [6.07, 6.45) is 0. The van der Waals surface area contributed by atoms with Crippen molar-refractivity contribution in [2.75, 3.05) is 13.2 Å². The first kappa shape index (κ1) is 13.0. The first-order valence-corrected chi connectivity index (χ1v) is 6.98. The molecule has 2 aromatic rings. The Bertz CT molecular complexity index is 496. The Morgan fingerprint density at radius 2 is 1.94 bits per heavy atom. The van der Waals surface area contributed by atoms with Gasteiger partial charge in [-0.2, -0.15) is 0 Å². The van der Waals surface area contributed by atoms with Gasteiger partial charge in [0, 0.05) is 26.0 Å². The molecule has 5 heteroatoms. The van der Waals surface area contributed by atoms with Crippen LogP contribution in [0.2, 0.25) is 0 Å². The summed E-state index contributed by atoms with van der Waals surface area (Å²) in [7, 11) is 0. The first-order valence-electron chi connectivity index (χ1n) is 5.37. The normalized spacial score (nSPS) is 11.5. The third kappa shape index (κ3) is 2.86. The molecule has 0 unspecified atom stereocenters. The molecule has 0 saturated heterocycles. The Balaban J connectivity index is 2.16. The number of nitrogens with one attached hydrogen (secondary N) is 1. The fraction of sp³-hybridized carbons (Fsp3) is 0.333. The van der Waals surface area contributed by atoms with Gasteiger partial charge in [0.05, 0.1) is 19.3 Å². The van der Waals surface area contributed by atoms with Crippen molar-refractivity contribution in [2.24, 2.45) is 0 Å². The van der Waals surface area contributed by atoms with Crippen LogP contribution >= 0.6 is 27.3 Å². The molecule has 0 fully saturated rings. The van der Waals surface area contributed by atoms with Crippen LogP contribution < -0.4 is 5.32 Å². The van der Waals surface area contributed by atoms with E-state index in [0.717, 1.165) is 4.47 Å². The Hall–Kier alpha value is -0.460. The van der Waals surface area contributed by atoms with Crippen LogP contribution in [-0.2, 0) is 6.54 Å². The zero-order valence-corrected chi connectivity index (χ0v) is 11.6. The third-order valence-corrected chi connectivity index (χ3v) is 4.93. The van der Waals surface area contributed by atoms with Crippen molar-refractivity contribution in [2.45, 2.75) is 12.6 Å². The molecular formula is C12H14BrNO2S. The van der Waals surface area contributed by atoms with E-state index in [1.165, 1.54) is 15.0 Å². The number of thiophene rings is 1. The Morgan fingerprint density at radius 3 is 2.59 bits per heavy atom. The van der Waals surface area contributed by atoms with Gasteiger partial charge in [0.1, 0.15) is 0 Å². The van der Waals surface area contributed by atoms with Gasteiger partial charge in [-0.05, 0) is 22.0 Å². The van der Waals surface area contributed by atoms with E-state index in [-0.39, 0.29) is 19.3 Å². The van der Waals surface area contributed by atoms with Crippen LogP contribution in [0.1, 0.15) is 4.88 Å². The predicted octanol–water partition coefficient (Wildman–Crippen LogP) is 2.11. The van der Waals surface area contributed by atoms with Gasteiger partial charge in [-0.3, -0.25) is 0 Å². The average molecular weight is 316 g/mol. The first-order chi connectivity index (χ1) is 8.26. The zero-order chi connectivity index (χ0) is 12.3. The van der Waals surface area contributed by atoms with Crippen molar-refractivity contribution in [1.82, 2.24) is 5.32 Å². The number of halogens is 1. The minimum atomic E-state index is -0.257. The summed E-state index contributed by atoms with van der Waals surface area (Å²) in [5.74, 6) is 0. The molecule has 1 heterocycles. The quantitative estimate of drug-likeness (QED) is 0.792. The smallest absolute Gasteiger partial charge is 0.0607 e. The molecule has 0 radical (unpaired) electrons. The molecular weight excluding hydrogens is 302 g/mol. The molecule has 3 N–H and O–H groups in total. The van der Waals surface area contributed by atoms with Crippen molar-refractivity contribution < 1.29 is 10.2 Å². The van der Waals surface area contributed by atoms with E-state index in [9.17, 15) is 0 Å². The van der Waals surface area contributed by atoms with E-state index < -0.39 is 0 Å². The number of benzene rings is 1. The summed E-state index contributed by atoms with van der Waals surface area (Å²) in [6.45, 7) is 0.531.